The molecule has 0 radical (unpaired) electrons. The Morgan fingerprint density at radius 3 is 2.56 bits per heavy atom. The molecule has 1 N–H and O–H groups in total. The molecule has 0 unspecified atom stereocenters. The molecule has 0 aliphatic carbocycles. The van der Waals surface area contributed by atoms with Crippen LogP contribution in [0.4, 0.5) is 5.69 Å². The third-order valence-corrected chi connectivity index (χ3v) is 4.59. The van der Waals surface area contributed by atoms with Crippen LogP contribution in [0, 0.1) is 13.8 Å². The lowest BCUT2D eigenvalue weighted by molar-refractivity contribution is 0.102. The Labute approximate surface area is 166 Å². The fraction of sp³-hybridized carbons (Fsp3) is 0.300. The number of carbonyl (C=O) groups is 1. The van der Waals surface area contributed by atoms with E-state index in [1.807, 2.05) is 44.4 Å². The summed E-state index contributed by atoms with van der Waals surface area (Å²) in [7, 11) is 0. The van der Waals surface area contributed by atoms with E-state index in [1.165, 1.54) is 0 Å². The first-order valence-corrected chi connectivity index (χ1v) is 9.59. The number of halogens is 1. The fourth-order valence-electron chi connectivity index (χ4n) is 2.94. The number of aryl methyl sites for hydroxylation is 2. The van der Waals surface area contributed by atoms with Crippen molar-refractivity contribution in [2.24, 2.45) is 0 Å². The smallest absolute Gasteiger partial charge is 0.274 e. The van der Waals surface area contributed by atoms with Crippen LogP contribution in [0.15, 0.2) is 34.9 Å². The number of rotatable bonds is 6. The molecular weight excluding hydrogens is 410 g/mol. The summed E-state index contributed by atoms with van der Waals surface area (Å²) in [5.74, 6) is 1.03. The van der Waals surface area contributed by atoms with Crippen molar-refractivity contribution in [2.75, 3.05) is 18.5 Å². The minimum absolute atomic E-state index is 0.232. The number of hydrogen-bond donors (Lipinski definition) is 1. The molecule has 7 heteroatoms. The van der Waals surface area contributed by atoms with Gasteiger partial charge in [0, 0.05) is 18.0 Å². The minimum atomic E-state index is -0.232. The summed E-state index contributed by atoms with van der Waals surface area (Å²) in [5, 5.41) is 2.93. The van der Waals surface area contributed by atoms with E-state index in [0.29, 0.717) is 47.4 Å². The van der Waals surface area contributed by atoms with Gasteiger partial charge in [-0.3, -0.25) is 9.20 Å². The van der Waals surface area contributed by atoms with Crippen molar-refractivity contribution in [1.29, 1.82) is 0 Å². The van der Waals surface area contributed by atoms with E-state index in [2.05, 4.69) is 26.2 Å². The number of fused-ring (bicyclic) bond motifs is 1. The molecule has 3 aromatic rings. The SMILES string of the molecule is CCOc1ccc(NC(=O)c2c(C)nc3c(Br)cc(C)cn23)cc1OCC. The molecule has 2 heterocycles. The average Bonchev–Trinajstić information content (AvgIpc) is 2.94. The van der Waals surface area contributed by atoms with Crippen molar-refractivity contribution in [3.63, 3.8) is 0 Å². The van der Waals surface area contributed by atoms with E-state index in [-0.39, 0.29) is 5.91 Å². The number of carbonyl (C=O) groups excluding carboxylic acids is 1. The Kier molecular flexibility index (Phi) is 5.70. The van der Waals surface area contributed by atoms with Crippen LogP contribution in [0.1, 0.15) is 35.6 Å². The number of nitrogens with one attached hydrogen (secondary N) is 1. The van der Waals surface area contributed by atoms with Gasteiger partial charge in [0.2, 0.25) is 0 Å². The molecule has 3 rings (SSSR count). The number of hydrogen-bond acceptors (Lipinski definition) is 4. The van der Waals surface area contributed by atoms with Crippen LogP contribution >= 0.6 is 15.9 Å². The van der Waals surface area contributed by atoms with Crippen LogP contribution in [0.5, 0.6) is 11.5 Å². The maximum absolute atomic E-state index is 13.0. The number of aromatic nitrogens is 2. The van der Waals surface area contributed by atoms with Gasteiger partial charge in [-0.25, -0.2) is 4.98 Å². The van der Waals surface area contributed by atoms with Gasteiger partial charge < -0.3 is 14.8 Å². The minimum Gasteiger partial charge on any atom is -0.490 e. The van der Waals surface area contributed by atoms with Crippen LogP contribution in [0.2, 0.25) is 0 Å². The topological polar surface area (TPSA) is 64.9 Å². The van der Waals surface area contributed by atoms with Crippen molar-refractivity contribution >= 4 is 33.2 Å². The second-order valence-corrected chi connectivity index (χ2v) is 6.94. The number of pyridine rings is 1. The second-order valence-electron chi connectivity index (χ2n) is 6.09. The third kappa shape index (κ3) is 3.93. The number of benzene rings is 1. The van der Waals surface area contributed by atoms with Crippen LogP contribution in [0.3, 0.4) is 0 Å². The Balaban J connectivity index is 1.95. The average molecular weight is 432 g/mol. The highest BCUT2D eigenvalue weighted by Gasteiger charge is 2.19. The van der Waals surface area contributed by atoms with E-state index in [0.717, 1.165) is 10.0 Å². The molecule has 0 fully saturated rings. The second kappa shape index (κ2) is 8.00. The predicted octanol–water partition coefficient (Wildman–Crippen LogP) is 4.76. The Morgan fingerprint density at radius 2 is 1.85 bits per heavy atom. The quantitative estimate of drug-likeness (QED) is 0.610. The summed E-state index contributed by atoms with van der Waals surface area (Å²) in [6, 6.07) is 7.34. The maximum Gasteiger partial charge on any atom is 0.274 e. The van der Waals surface area contributed by atoms with E-state index >= 15 is 0 Å². The number of imidazole rings is 1. The summed E-state index contributed by atoms with van der Waals surface area (Å²) in [6.45, 7) is 8.68. The monoisotopic (exact) mass is 431 g/mol. The van der Waals surface area contributed by atoms with E-state index in [9.17, 15) is 4.79 Å². The van der Waals surface area contributed by atoms with E-state index in [1.54, 1.807) is 18.2 Å². The van der Waals surface area contributed by atoms with Crippen molar-refractivity contribution in [3.05, 3.63) is 51.9 Å². The first-order valence-electron chi connectivity index (χ1n) is 8.80. The van der Waals surface area contributed by atoms with E-state index in [4.69, 9.17) is 9.47 Å². The molecule has 0 aliphatic heterocycles. The number of amides is 1. The van der Waals surface area contributed by atoms with Gasteiger partial charge in [-0.1, -0.05) is 0 Å². The van der Waals surface area contributed by atoms with Gasteiger partial charge in [0.25, 0.3) is 5.91 Å². The van der Waals surface area contributed by atoms with Gasteiger partial charge in [0.15, 0.2) is 17.1 Å². The third-order valence-electron chi connectivity index (χ3n) is 4.00. The van der Waals surface area contributed by atoms with Crippen LogP contribution in [0.25, 0.3) is 5.65 Å². The standard InChI is InChI=1S/C20H22BrN3O3/c1-5-26-16-8-7-14(10-17(16)27-6-2)23-20(25)18-13(4)22-19-15(21)9-12(3)11-24(18)19/h7-11H,5-6H2,1-4H3,(H,23,25). The van der Waals surface area contributed by atoms with Crippen molar-refractivity contribution in [2.45, 2.75) is 27.7 Å². The lowest BCUT2D eigenvalue weighted by atomic mass is 10.2. The van der Waals surface area contributed by atoms with E-state index < -0.39 is 0 Å². The van der Waals surface area contributed by atoms with Crippen LogP contribution in [-0.2, 0) is 0 Å². The molecule has 1 amide bonds. The Hall–Kier alpha value is -2.54. The molecule has 2 aromatic heterocycles. The predicted molar refractivity (Wildman–Crippen MR) is 109 cm³/mol. The number of ether oxygens (including phenoxy) is 2. The van der Waals surface area contributed by atoms with Gasteiger partial charge in [-0.05, 0) is 67.4 Å². The highest BCUT2D eigenvalue weighted by atomic mass is 79.9. The normalized spacial score (nSPS) is 10.9. The molecule has 0 saturated heterocycles. The molecule has 0 saturated carbocycles. The number of anilines is 1. The molecular formula is C20H22BrN3O3. The van der Waals surface area contributed by atoms with Crippen LogP contribution in [-0.4, -0.2) is 28.5 Å². The first-order chi connectivity index (χ1) is 12.9. The summed E-state index contributed by atoms with van der Waals surface area (Å²) >= 11 is 3.52. The summed E-state index contributed by atoms with van der Waals surface area (Å²) < 4.78 is 13.9. The lowest BCUT2D eigenvalue weighted by Crippen LogP contribution is -2.16. The summed E-state index contributed by atoms with van der Waals surface area (Å²) in [4.78, 5) is 17.5. The summed E-state index contributed by atoms with van der Waals surface area (Å²) in [5.41, 5.74) is 3.54. The first kappa shape index (κ1) is 19.2. The molecule has 1 aromatic carbocycles. The summed E-state index contributed by atoms with van der Waals surface area (Å²) in [6.07, 6.45) is 1.90. The van der Waals surface area contributed by atoms with Gasteiger partial charge in [-0.15, -0.1) is 0 Å². The van der Waals surface area contributed by atoms with Crippen molar-refractivity contribution in [1.82, 2.24) is 9.38 Å². The van der Waals surface area contributed by atoms with Crippen molar-refractivity contribution < 1.29 is 14.3 Å². The largest absolute Gasteiger partial charge is 0.490 e. The fourth-order valence-corrected chi connectivity index (χ4v) is 3.58. The van der Waals surface area contributed by atoms with Crippen molar-refractivity contribution in [3.8, 4) is 11.5 Å². The zero-order chi connectivity index (χ0) is 19.6. The highest BCUT2D eigenvalue weighted by molar-refractivity contribution is 9.10. The molecule has 6 nitrogen and oxygen atoms in total. The zero-order valence-corrected chi connectivity index (χ0v) is 17.4. The van der Waals surface area contributed by atoms with Gasteiger partial charge in [0.1, 0.15) is 5.69 Å². The molecule has 0 bridgehead atoms. The molecule has 0 aliphatic rings. The van der Waals surface area contributed by atoms with Crippen LogP contribution < -0.4 is 14.8 Å². The van der Waals surface area contributed by atoms with Gasteiger partial charge in [-0.2, -0.15) is 0 Å². The lowest BCUT2D eigenvalue weighted by Gasteiger charge is -2.13. The molecule has 27 heavy (non-hydrogen) atoms. The van der Waals surface area contributed by atoms with Gasteiger partial charge >= 0.3 is 0 Å². The number of nitrogens with zero attached hydrogens (tertiary/aromatic N) is 2. The van der Waals surface area contributed by atoms with Gasteiger partial charge in [0.05, 0.1) is 23.4 Å². The highest BCUT2D eigenvalue weighted by Crippen LogP contribution is 2.31. The molecule has 0 atom stereocenters. The maximum atomic E-state index is 13.0. The Morgan fingerprint density at radius 1 is 1.15 bits per heavy atom. The molecule has 142 valence electrons. The Bertz CT molecular complexity index is 998. The molecule has 0 spiro atoms. The zero-order valence-electron chi connectivity index (χ0n) is 15.8.